The van der Waals surface area contributed by atoms with Crippen LogP contribution in [0.4, 0.5) is 0 Å². The number of nitrogens with one attached hydrogen (secondary N) is 1. The van der Waals surface area contributed by atoms with E-state index in [1.54, 1.807) is 0 Å². The Morgan fingerprint density at radius 1 is 0.581 bits per heavy atom. The van der Waals surface area contributed by atoms with Crippen molar-refractivity contribution in [1.29, 1.82) is 0 Å². The molecule has 0 aliphatic heterocycles. The Hall–Kier alpha value is -1.10. The standard InChI is InChI=1S/C26H51NO4/c1-2-3-4-5-6-7-8-9-10-11-12-13-14-15-16-17-18-19-20-21-22-27-24(26(30)31)23-25(28)29/h24,27H,2-23H2,1H3,(H,28,29)(H,30,31)/t24-/m0/s1. The third-order valence-corrected chi connectivity index (χ3v) is 6.10. The van der Waals surface area contributed by atoms with Gasteiger partial charge in [0.1, 0.15) is 6.04 Å². The molecule has 184 valence electrons. The Bertz CT molecular complexity index is 414. The van der Waals surface area contributed by atoms with Gasteiger partial charge < -0.3 is 15.5 Å². The quantitative estimate of drug-likeness (QED) is 0.129. The van der Waals surface area contributed by atoms with Gasteiger partial charge in [-0.05, 0) is 13.0 Å². The molecule has 0 amide bonds. The highest BCUT2D eigenvalue weighted by Crippen LogP contribution is 2.14. The van der Waals surface area contributed by atoms with Crippen LogP contribution in [0, 0.1) is 0 Å². The predicted molar refractivity (Wildman–Crippen MR) is 130 cm³/mol. The lowest BCUT2D eigenvalue weighted by atomic mass is 10.0. The number of aliphatic carboxylic acids is 2. The monoisotopic (exact) mass is 441 g/mol. The maximum atomic E-state index is 10.9. The van der Waals surface area contributed by atoms with Gasteiger partial charge in [-0.2, -0.15) is 0 Å². The summed E-state index contributed by atoms with van der Waals surface area (Å²) in [7, 11) is 0. The average Bonchev–Trinajstić information content (AvgIpc) is 2.73. The smallest absolute Gasteiger partial charge is 0.321 e. The molecule has 0 aromatic carbocycles. The second-order valence-corrected chi connectivity index (χ2v) is 9.16. The van der Waals surface area contributed by atoms with Crippen molar-refractivity contribution in [2.24, 2.45) is 0 Å². The lowest BCUT2D eigenvalue weighted by molar-refractivity contribution is -0.145. The van der Waals surface area contributed by atoms with Crippen LogP contribution in [0.1, 0.15) is 142 Å². The number of hydrogen-bond donors (Lipinski definition) is 3. The SMILES string of the molecule is CCCCCCCCCCCCCCCCCCCCCCN[C@@H](CC(=O)O)C(=O)O. The van der Waals surface area contributed by atoms with Crippen LogP contribution in [0.3, 0.4) is 0 Å². The molecule has 0 radical (unpaired) electrons. The van der Waals surface area contributed by atoms with Crippen LogP contribution in [0.15, 0.2) is 0 Å². The fraction of sp³-hybridized carbons (Fsp3) is 0.923. The molecule has 0 aliphatic carbocycles. The Morgan fingerprint density at radius 3 is 1.19 bits per heavy atom. The zero-order valence-electron chi connectivity index (χ0n) is 20.3. The van der Waals surface area contributed by atoms with E-state index in [0.29, 0.717) is 6.54 Å². The third kappa shape index (κ3) is 23.4. The minimum absolute atomic E-state index is 0.367. The molecule has 0 heterocycles. The van der Waals surface area contributed by atoms with Gasteiger partial charge in [0, 0.05) is 0 Å². The summed E-state index contributed by atoms with van der Waals surface area (Å²) in [5.74, 6) is -2.17. The van der Waals surface area contributed by atoms with Crippen LogP contribution in [0.2, 0.25) is 0 Å². The minimum Gasteiger partial charge on any atom is -0.481 e. The van der Waals surface area contributed by atoms with Gasteiger partial charge in [0.25, 0.3) is 0 Å². The fourth-order valence-corrected chi connectivity index (χ4v) is 4.08. The molecule has 0 saturated carbocycles. The molecule has 0 aliphatic rings. The van der Waals surface area contributed by atoms with E-state index in [4.69, 9.17) is 10.2 Å². The lowest BCUT2D eigenvalue weighted by Crippen LogP contribution is -2.39. The molecule has 0 rings (SSSR count). The maximum absolute atomic E-state index is 10.9. The second-order valence-electron chi connectivity index (χ2n) is 9.16. The second kappa shape index (κ2) is 23.6. The van der Waals surface area contributed by atoms with Crippen molar-refractivity contribution in [2.75, 3.05) is 6.54 Å². The topological polar surface area (TPSA) is 86.6 Å². The summed E-state index contributed by atoms with van der Waals surface area (Å²) in [6.07, 6.45) is 26.4. The van der Waals surface area contributed by atoms with Gasteiger partial charge in [-0.25, -0.2) is 0 Å². The van der Waals surface area contributed by atoms with E-state index in [2.05, 4.69) is 12.2 Å². The van der Waals surface area contributed by atoms with Crippen LogP contribution < -0.4 is 5.32 Å². The Kier molecular flexibility index (Phi) is 22.7. The zero-order chi connectivity index (χ0) is 23.0. The van der Waals surface area contributed by atoms with Gasteiger partial charge in [-0.3, -0.25) is 9.59 Å². The van der Waals surface area contributed by atoms with E-state index in [9.17, 15) is 9.59 Å². The van der Waals surface area contributed by atoms with Crippen molar-refractivity contribution in [2.45, 2.75) is 148 Å². The first-order valence-corrected chi connectivity index (χ1v) is 13.3. The largest absolute Gasteiger partial charge is 0.481 e. The highest BCUT2D eigenvalue weighted by molar-refractivity contribution is 5.80. The number of carbonyl (C=O) groups is 2. The van der Waals surface area contributed by atoms with Crippen LogP contribution >= 0.6 is 0 Å². The van der Waals surface area contributed by atoms with E-state index in [1.165, 1.54) is 116 Å². The zero-order valence-corrected chi connectivity index (χ0v) is 20.3. The summed E-state index contributed by atoms with van der Waals surface area (Å²) in [4.78, 5) is 21.6. The first-order chi connectivity index (χ1) is 15.1. The molecule has 0 spiro atoms. The average molecular weight is 442 g/mol. The molecule has 1 atom stereocenters. The van der Waals surface area contributed by atoms with Crippen molar-refractivity contribution in [1.82, 2.24) is 5.32 Å². The molecule has 5 heteroatoms. The van der Waals surface area contributed by atoms with Crippen LogP contribution in [0.5, 0.6) is 0 Å². The van der Waals surface area contributed by atoms with Crippen molar-refractivity contribution in [3.8, 4) is 0 Å². The number of carboxylic acid groups (broad SMARTS) is 2. The molecular weight excluding hydrogens is 390 g/mol. The number of unbranched alkanes of at least 4 members (excludes halogenated alkanes) is 19. The summed E-state index contributed by atoms with van der Waals surface area (Å²) in [5, 5.41) is 20.5. The molecule has 0 aromatic rings. The Balaban J connectivity index is 3.20. The minimum atomic E-state index is -1.09. The van der Waals surface area contributed by atoms with Crippen LogP contribution in [0.25, 0.3) is 0 Å². The van der Waals surface area contributed by atoms with E-state index < -0.39 is 18.0 Å². The van der Waals surface area contributed by atoms with Crippen molar-refractivity contribution in [3.05, 3.63) is 0 Å². The Labute approximate surface area is 191 Å². The van der Waals surface area contributed by atoms with Gasteiger partial charge in [0.05, 0.1) is 6.42 Å². The molecule has 0 saturated heterocycles. The highest BCUT2D eigenvalue weighted by atomic mass is 16.4. The number of carboxylic acids is 2. The molecule has 0 unspecified atom stereocenters. The molecule has 0 fully saturated rings. The van der Waals surface area contributed by atoms with Crippen molar-refractivity contribution < 1.29 is 19.8 Å². The van der Waals surface area contributed by atoms with Crippen molar-refractivity contribution >= 4 is 11.9 Å². The molecular formula is C26H51NO4. The lowest BCUT2D eigenvalue weighted by Gasteiger charge is -2.11. The predicted octanol–water partition coefficient (Wildman–Crippen LogP) is 7.33. The first kappa shape index (κ1) is 29.9. The Morgan fingerprint density at radius 2 is 0.903 bits per heavy atom. The normalized spacial score (nSPS) is 12.2. The summed E-state index contributed by atoms with van der Waals surface area (Å²) < 4.78 is 0. The third-order valence-electron chi connectivity index (χ3n) is 6.10. The van der Waals surface area contributed by atoms with Crippen LogP contribution in [-0.2, 0) is 9.59 Å². The fourth-order valence-electron chi connectivity index (χ4n) is 4.08. The number of hydrogen-bond acceptors (Lipinski definition) is 3. The molecule has 0 aromatic heterocycles. The number of rotatable bonds is 25. The highest BCUT2D eigenvalue weighted by Gasteiger charge is 2.19. The summed E-state index contributed by atoms with van der Waals surface area (Å²) >= 11 is 0. The van der Waals surface area contributed by atoms with E-state index in [1.807, 2.05) is 0 Å². The summed E-state index contributed by atoms with van der Waals surface area (Å²) in [6.45, 7) is 2.85. The van der Waals surface area contributed by atoms with E-state index in [0.717, 1.165) is 12.8 Å². The van der Waals surface area contributed by atoms with Gasteiger partial charge >= 0.3 is 11.9 Å². The van der Waals surface area contributed by atoms with Crippen LogP contribution in [-0.4, -0.2) is 34.7 Å². The van der Waals surface area contributed by atoms with Gasteiger partial charge in [0.2, 0.25) is 0 Å². The summed E-state index contributed by atoms with van der Waals surface area (Å²) in [5.41, 5.74) is 0. The van der Waals surface area contributed by atoms with Gasteiger partial charge in [-0.15, -0.1) is 0 Å². The molecule has 3 N–H and O–H groups in total. The molecule has 5 nitrogen and oxygen atoms in total. The first-order valence-electron chi connectivity index (χ1n) is 13.3. The maximum Gasteiger partial charge on any atom is 0.321 e. The van der Waals surface area contributed by atoms with Gasteiger partial charge in [0.15, 0.2) is 0 Å². The summed E-state index contributed by atoms with van der Waals surface area (Å²) in [6, 6.07) is -0.974. The van der Waals surface area contributed by atoms with Gasteiger partial charge in [-0.1, -0.05) is 129 Å². The molecule has 0 bridgehead atoms. The molecule has 31 heavy (non-hydrogen) atoms. The van der Waals surface area contributed by atoms with E-state index in [-0.39, 0.29) is 6.42 Å². The van der Waals surface area contributed by atoms with E-state index >= 15 is 0 Å². The van der Waals surface area contributed by atoms with Crippen molar-refractivity contribution in [3.63, 3.8) is 0 Å².